The quantitative estimate of drug-likeness (QED) is 0.530. The minimum atomic E-state index is -4.62. The molecule has 0 atom stereocenters. The molecule has 2 aromatic rings. The molecule has 12 nitrogen and oxygen atoms in total. The van der Waals surface area contributed by atoms with Crippen LogP contribution in [-0.4, -0.2) is 46.9 Å². The Balaban J connectivity index is 2.58. The number of aromatic nitrogens is 2. The molecule has 1 aromatic heterocycles. The molecule has 0 aliphatic heterocycles. The van der Waals surface area contributed by atoms with Gasteiger partial charge in [0, 0.05) is 0 Å². The first-order valence-electron chi connectivity index (χ1n) is 6.94. The van der Waals surface area contributed by atoms with Crippen LogP contribution >= 0.6 is 0 Å². The molecule has 0 radical (unpaired) electrons. The molecule has 1 heterocycles. The molecule has 0 saturated heterocycles. The van der Waals surface area contributed by atoms with E-state index in [-0.39, 0.29) is 17.7 Å². The third-order valence-corrected chi connectivity index (χ3v) is 5.23. The lowest BCUT2D eigenvalue weighted by molar-refractivity contribution is 0.102. The van der Waals surface area contributed by atoms with Crippen molar-refractivity contribution >= 4 is 31.9 Å². The highest BCUT2D eigenvalue weighted by Crippen LogP contribution is 2.24. The van der Waals surface area contributed by atoms with Gasteiger partial charge >= 0.3 is 0 Å². The van der Waals surface area contributed by atoms with Crippen molar-refractivity contribution in [3.63, 3.8) is 0 Å². The number of primary sulfonamides is 2. The Morgan fingerprint density at radius 3 is 2.00 bits per heavy atom. The molecule has 0 bridgehead atoms. The molecular weight excluding hydrogens is 402 g/mol. The summed E-state index contributed by atoms with van der Waals surface area (Å²) >= 11 is 0. The van der Waals surface area contributed by atoms with Crippen molar-refractivity contribution in [2.45, 2.75) is 9.79 Å². The van der Waals surface area contributed by atoms with Gasteiger partial charge in [-0.2, -0.15) is 9.97 Å². The van der Waals surface area contributed by atoms with Crippen molar-refractivity contribution < 1.29 is 31.1 Å². The van der Waals surface area contributed by atoms with Crippen LogP contribution in [0.2, 0.25) is 0 Å². The molecule has 0 saturated carbocycles. The summed E-state index contributed by atoms with van der Waals surface area (Å²) in [7, 11) is -6.45. The second-order valence-electron chi connectivity index (χ2n) is 4.95. The first-order chi connectivity index (χ1) is 12.5. The SMILES string of the molecule is COc1cc(OC)nc(NC(=O)c2cccc(S(N)(=O)=O)c2S(N)(=O)=O)n1. The number of ether oxygens (including phenoxy) is 2. The fraction of sp³-hybridized carbons (Fsp3) is 0.154. The molecular formula is C13H15N5O7S2. The molecule has 0 spiro atoms. The third-order valence-electron chi connectivity index (χ3n) is 3.14. The number of benzene rings is 1. The monoisotopic (exact) mass is 417 g/mol. The van der Waals surface area contributed by atoms with Gasteiger partial charge in [-0.05, 0) is 12.1 Å². The maximum atomic E-state index is 12.5. The minimum Gasteiger partial charge on any atom is -0.481 e. The largest absolute Gasteiger partial charge is 0.481 e. The highest BCUT2D eigenvalue weighted by molar-refractivity contribution is 7.92. The number of hydrogen-bond donors (Lipinski definition) is 3. The first-order valence-corrected chi connectivity index (χ1v) is 10.0. The number of carbonyl (C=O) groups excluding carboxylic acids is 1. The zero-order valence-electron chi connectivity index (χ0n) is 14.0. The van der Waals surface area contributed by atoms with Gasteiger partial charge in [-0.3, -0.25) is 10.1 Å². The predicted octanol–water partition coefficient (Wildman–Crippen LogP) is -0.959. The van der Waals surface area contributed by atoms with Crippen molar-refractivity contribution in [2.24, 2.45) is 10.3 Å². The smallest absolute Gasteiger partial charge is 0.259 e. The van der Waals surface area contributed by atoms with Crippen LogP contribution in [0.1, 0.15) is 10.4 Å². The van der Waals surface area contributed by atoms with Gasteiger partial charge in [0.2, 0.25) is 37.8 Å². The van der Waals surface area contributed by atoms with Crippen molar-refractivity contribution in [2.75, 3.05) is 19.5 Å². The lowest BCUT2D eigenvalue weighted by Crippen LogP contribution is -2.25. The first kappa shape index (κ1) is 20.5. The average Bonchev–Trinajstić information content (AvgIpc) is 2.59. The van der Waals surface area contributed by atoms with Crippen LogP contribution in [0.15, 0.2) is 34.1 Å². The Kier molecular flexibility index (Phi) is 5.65. The topological polar surface area (TPSA) is 194 Å². The number of rotatable bonds is 6. The van der Waals surface area contributed by atoms with Crippen LogP contribution in [0.25, 0.3) is 0 Å². The summed E-state index contributed by atoms with van der Waals surface area (Å²) in [5, 5.41) is 12.3. The van der Waals surface area contributed by atoms with Crippen molar-refractivity contribution in [1.29, 1.82) is 0 Å². The van der Waals surface area contributed by atoms with Crippen LogP contribution in [0.3, 0.4) is 0 Å². The maximum Gasteiger partial charge on any atom is 0.259 e. The van der Waals surface area contributed by atoms with Gasteiger partial charge < -0.3 is 9.47 Å². The van der Waals surface area contributed by atoms with Crippen LogP contribution in [0.5, 0.6) is 11.8 Å². The number of hydrogen-bond acceptors (Lipinski definition) is 9. The summed E-state index contributed by atoms with van der Waals surface area (Å²) in [6.07, 6.45) is 0. The highest BCUT2D eigenvalue weighted by atomic mass is 32.2. The zero-order valence-corrected chi connectivity index (χ0v) is 15.7. The number of sulfonamides is 2. The van der Waals surface area contributed by atoms with E-state index in [9.17, 15) is 21.6 Å². The van der Waals surface area contributed by atoms with E-state index in [1.54, 1.807) is 0 Å². The molecule has 146 valence electrons. The molecule has 5 N–H and O–H groups in total. The summed E-state index contributed by atoms with van der Waals surface area (Å²) in [6.45, 7) is 0. The van der Waals surface area contributed by atoms with Gasteiger partial charge in [0.05, 0.1) is 25.8 Å². The van der Waals surface area contributed by atoms with E-state index in [0.717, 1.165) is 18.2 Å². The van der Waals surface area contributed by atoms with Crippen molar-refractivity contribution in [3.8, 4) is 11.8 Å². The van der Waals surface area contributed by atoms with Crippen LogP contribution in [0.4, 0.5) is 5.95 Å². The standard InChI is InChI=1S/C13H15N5O7S2/c1-24-9-6-10(25-2)17-13(16-9)18-12(19)7-4-3-5-8(26(14,20)21)11(7)27(15,22)23/h3-6H,1-2H3,(H2,14,20,21)(H2,15,22,23)(H,16,17,18,19). The lowest BCUT2D eigenvalue weighted by atomic mass is 10.2. The molecule has 0 unspecified atom stereocenters. The normalized spacial score (nSPS) is 11.7. The summed E-state index contributed by atoms with van der Waals surface area (Å²) in [5.74, 6) is -1.21. The minimum absolute atomic E-state index is 0.0575. The number of nitrogens with one attached hydrogen (secondary N) is 1. The molecule has 2 rings (SSSR count). The number of amides is 1. The average molecular weight is 417 g/mol. The van der Waals surface area contributed by atoms with Gasteiger partial charge in [0.1, 0.15) is 9.79 Å². The highest BCUT2D eigenvalue weighted by Gasteiger charge is 2.28. The maximum absolute atomic E-state index is 12.5. The molecule has 1 aromatic carbocycles. The Morgan fingerprint density at radius 1 is 1.00 bits per heavy atom. The molecule has 0 aliphatic rings. The lowest BCUT2D eigenvalue weighted by Gasteiger charge is -2.12. The van der Waals surface area contributed by atoms with E-state index < -0.39 is 41.3 Å². The fourth-order valence-corrected chi connectivity index (χ4v) is 4.20. The van der Waals surface area contributed by atoms with Gasteiger partial charge in [0.15, 0.2) is 0 Å². The van der Waals surface area contributed by atoms with Crippen LogP contribution in [-0.2, 0) is 20.0 Å². The number of carbonyl (C=O) groups is 1. The zero-order chi connectivity index (χ0) is 20.4. The van der Waals surface area contributed by atoms with Gasteiger partial charge in [-0.15, -0.1) is 0 Å². The van der Waals surface area contributed by atoms with Crippen LogP contribution < -0.4 is 25.1 Å². The van der Waals surface area contributed by atoms with Crippen LogP contribution in [0, 0.1) is 0 Å². The molecule has 14 heteroatoms. The van der Waals surface area contributed by atoms with E-state index >= 15 is 0 Å². The van der Waals surface area contributed by atoms with E-state index in [1.165, 1.54) is 20.3 Å². The third kappa shape index (κ3) is 4.68. The Labute approximate surface area is 154 Å². The van der Waals surface area contributed by atoms with E-state index in [2.05, 4.69) is 15.3 Å². The summed E-state index contributed by atoms with van der Waals surface area (Å²) in [5.41, 5.74) is -0.561. The van der Waals surface area contributed by atoms with Crippen molar-refractivity contribution in [3.05, 3.63) is 29.8 Å². The van der Waals surface area contributed by atoms with Gasteiger partial charge in [0.25, 0.3) is 5.91 Å². The summed E-state index contributed by atoms with van der Waals surface area (Å²) < 4.78 is 57.0. The summed E-state index contributed by atoms with van der Waals surface area (Å²) in [4.78, 5) is 18.5. The van der Waals surface area contributed by atoms with E-state index in [4.69, 9.17) is 19.8 Å². The number of nitrogens with two attached hydrogens (primary N) is 2. The van der Waals surface area contributed by atoms with Gasteiger partial charge in [-0.25, -0.2) is 27.1 Å². The molecule has 27 heavy (non-hydrogen) atoms. The second-order valence-corrected chi connectivity index (χ2v) is 7.98. The fourth-order valence-electron chi connectivity index (χ4n) is 2.05. The summed E-state index contributed by atoms with van der Waals surface area (Å²) in [6, 6.07) is 4.45. The van der Waals surface area contributed by atoms with Crippen molar-refractivity contribution in [1.82, 2.24) is 9.97 Å². The molecule has 1 amide bonds. The number of nitrogens with zero attached hydrogens (tertiary/aromatic N) is 2. The Morgan fingerprint density at radius 2 is 1.56 bits per heavy atom. The second kappa shape index (κ2) is 7.43. The Bertz CT molecular complexity index is 1080. The predicted molar refractivity (Wildman–Crippen MR) is 92.3 cm³/mol. The van der Waals surface area contributed by atoms with E-state index in [0.29, 0.717) is 0 Å². The molecule has 0 aliphatic carbocycles. The van der Waals surface area contributed by atoms with E-state index in [1.807, 2.05) is 0 Å². The Hall–Kier alpha value is -2.81. The molecule has 0 fully saturated rings. The number of anilines is 1. The number of methoxy groups -OCH3 is 2. The van der Waals surface area contributed by atoms with Gasteiger partial charge in [-0.1, -0.05) is 6.07 Å².